The van der Waals surface area contributed by atoms with E-state index in [0.717, 1.165) is 18.4 Å². The lowest BCUT2D eigenvalue weighted by atomic mass is 10.1. The maximum absolute atomic E-state index is 12.0. The molecule has 1 aromatic carbocycles. The minimum Gasteiger partial charge on any atom is -0.469 e. The zero-order valence-corrected chi connectivity index (χ0v) is 12.2. The van der Waals surface area contributed by atoms with E-state index >= 15 is 0 Å². The average molecular weight is 296 g/mol. The second-order valence-corrected chi connectivity index (χ2v) is 5.53. The van der Waals surface area contributed by atoms with Crippen molar-refractivity contribution in [3.8, 4) is 0 Å². The maximum Gasteiger partial charge on any atom is 0.307 e. The molecule has 0 heterocycles. The molecule has 1 aromatic rings. The molecule has 0 aromatic heterocycles. The van der Waals surface area contributed by atoms with Crippen LogP contribution >= 0.6 is 11.6 Å². The molecule has 4 nitrogen and oxygen atoms in total. The van der Waals surface area contributed by atoms with Crippen molar-refractivity contribution in [1.82, 2.24) is 5.32 Å². The number of benzene rings is 1. The van der Waals surface area contributed by atoms with Crippen molar-refractivity contribution in [2.45, 2.75) is 31.7 Å². The van der Waals surface area contributed by atoms with E-state index in [1.54, 1.807) is 12.1 Å². The van der Waals surface area contributed by atoms with Crippen molar-refractivity contribution in [2.75, 3.05) is 7.11 Å². The highest BCUT2D eigenvalue weighted by atomic mass is 35.5. The number of carbonyl (C=O) groups is 2. The second kappa shape index (κ2) is 6.75. The van der Waals surface area contributed by atoms with Gasteiger partial charge in [-0.05, 0) is 36.5 Å². The van der Waals surface area contributed by atoms with Gasteiger partial charge in [0.1, 0.15) is 0 Å². The third-order valence-electron chi connectivity index (χ3n) is 3.43. The van der Waals surface area contributed by atoms with Crippen molar-refractivity contribution in [2.24, 2.45) is 5.92 Å². The summed E-state index contributed by atoms with van der Waals surface area (Å²) in [7, 11) is 1.36. The van der Waals surface area contributed by atoms with E-state index in [4.69, 9.17) is 11.6 Å². The summed E-state index contributed by atoms with van der Waals surface area (Å²) in [6, 6.07) is 7.07. The van der Waals surface area contributed by atoms with E-state index < -0.39 is 0 Å². The number of rotatable bonds is 6. The van der Waals surface area contributed by atoms with Crippen LogP contribution in [0.5, 0.6) is 0 Å². The van der Waals surface area contributed by atoms with Crippen LogP contribution in [0.15, 0.2) is 24.3 Å². The minimum absolute atomic E-state index is 0.0758. The Labute approximate surface area is 123 Å². The molecule has 0 radical (unpaired) electrons. The monoisotopic (exact) mass is 295 g/mol. The van der Waals surface area contributed by atoms with Crippen molar-refractivity contribution >= 4 is 23.5 Å². The Morgan fingerprint density at radius 3 is 2.55 bits per heavy atom. The van der Waals surface area contributed by atoms with Crippen molar-refractivity contribution in [3.05, 3.63) is 34.9 Å². The molecule has 20 heavy (non-hydrogen) atoms. The summed E-state index contributed by atoms with van der Waals surface area (Å²) in [5.41, 5.74) is 0.902. The first-order valence-electron chi connectivity index (χ1n) is 6.69. The molecular formula is C15H18ClNO3. The molecule has 1 aliphatic carbocycles. The predicted octanol–water partition coefficient (Wildman–Crippen LogP) is 2.34. The van der Waals surface area contributed by atoms with Gasteiger partial charge in [-0.25, -0.2) is 0 Å². The quantitative estimate of drug-likeness (QED) is 0.820. The molecule has 1 fully saturated rings. The van der Waals surface area contributed by atoms with Gasteiger partial charge in [0, 0.05) is 11.1 Å². The topological polar surface area (TPSA) is 55.4 Å². The van der Waals surface area contributed by atoms with Gasteiger partial charge in [0.25, 0.3) is 0 Å². The first-order chi connectivity index (χ1) is 9.58. The molecular weight excluding hydrogens is 278 g/mol. The average Bonchev–Trinajstić information content (AvgIpc) is 3.25. The lowest BCUT2D eigenvalue weighted by Gasteiger charge is -2.17. The Kier molecular flexibility index (Phi) is 5.01. The highest BCUT2D eigenvalue weighted by Crippen LogP contribution is 2.34. The molecule has 5 heteroatoms. The lowest BCUT2D eigenvalue weighted by molar-refractivity contribution is -0.141. The van der Waals surface area contributed by atoms with Gasteiger partial charge in [-0.2, -0.15) is 0 Å². The molecule has 1 N–H and O–H groups in total. The Hall–Kier alpha value is -1.55. The standard InChI is InChI=1S/C15H18ClNO3/c1-20-15(19)9-13(11-4-5-11)17-14(18)8-10-2-6-12(16)7-3-10/h2-3,6-7,11,13H,4-5,8-9H2,1H3,(H,17,18)/t13-/m1/s1. The number of amides is 1. The fraction of sp³-hybridized carbons (Fsp3) is 0.467. The molecule has 0 unspecified atom stereocenters. The number of ether oxygens (including phenoxy) is 1. The first kappa shape index (κ1) is 14.9. The van der Waals surface area contributed by atoms with E-state index in [2.05, 4.69) is 10.1 Å². The Morgan fingerprint density at radius 1 is 1.35 bits per heavy atom. The normalized spacial score (nSPS) is 15.5. The Bertz CT molecular complexity index is 482. The van der Waals surface area contributed by atoms with Gasteiger partial charge >= 0.3 is 5.97 Å². The number of carbonyl (C=O) groups excluding carboxylic acids is 2. The van der Waals surface area contributed by atoms with Crippen LogP contribution < -0.4 is 5.32 Å². The fourth-order valence-electron chi connectivity index (χ4n) is 2.14. The summed E-state index contributed by atoms with van der Waals surface area (Å²) in [6.07, 6.45) is 2.65. The number of methoxy groups -OCH3 is 1. The minimum atomic E-state index is -0.284. The van der Waals surface area contributed by atoms with Crippen LogP contribution in [0.1, 0.15) is 24.8 Å². The van der Waals surface area contributed by atoms with Crippen LogP contribution in [0, 0.1) is 5.92 Å². The first-order valence-corrected chi connectivity index (χ1v) is 7.07. The van der Waals surface area contributed by atoms with Gasteiger partial charge in [0.15, 0.2) is 0 Å². The van der Waals surface area contributed by atoms with Gasteiger partial charge in [0.05, 0.1) is 20.0 Å². The largest absolute Gasteiger partial charge is 0.469 e. The molecule has 0 bridgehead atoms. The van der Waals surface area contributed by atoms with Gasteiger partial charge in [-0.15, -0.1) is 0 Å². The number of halogens is 1. The van der Waals surface area contributed by atoms with Crippen LogP contribution in [-0.2, 0) is 20.7 Å². The zero-order valence-electron chi connectivity index (χ0n) is 11.4. The molecule has 0 aliphatic heterocycles. The summed E-state index contributed by atoms with van der Waals surface area (Å²) < 4.78 is 4.67. The van der Waals surface area contributed by atoms with E-state index in [1.807, 2.05) is 12.1 Å². The second-order valence-electron chi connectivity index (χ2n) is 5.09. The number of nitrogens with one attached hydrogen (secondary N) is 1. The fourth-order valence-corrected chi connectivity index (χ4v) is 2.27. The molecule has 0 spiro atoms. The number of hydrogen-bond acceptors (Lipinski definition) is 3. The molecule has 1 saturated carbocycles. The van der Waals surface area contributed by atoms with Crippen molar-refractivity contribution in [3.63, 3.8) is 0 Å². The number of esters is 1. The van der Waals surface area contributed by atoms with Gasteiger partial charge < -0.3 is 10.1 Å². The molecule has 1 aliphatic rings. The summed E-state index contributed by atoms with van der Waals surface area (Å²) in [6.45, 7) is 0. The number of hydrogen-bond donors (Lipinski definition) is 1. The smallest absolute Gasteiger partial charge is 0.307 e. The van der Waals surface area contributed by atoms with Crippen molar-refractivity contribution in [1.29, 1.82) is 0 Å². The highest BCUT2D eigenvalue weighted by molar-refractivity contribution is 6.30. The van der Waals surface area contributed by atoms with Gasteiger partial charge in [-0.3, -0.25) is 9.59 Å². The molecule has 0 saturated heterocycles. The van der Waals surface area contributed by atoms with Crippen molar-refractivity contribution < 1.29 is 14.3 Å². The SMILES string of the molecule is COC(=O)C[C@@H](NC(=O)Cc1ccc(Cl)cc1)C1CC1. The van der Waals surface area contributed by atoms with Crippen LogP contribution in [0.2, 0.25) is 5.02 Å². The van der Waals surface area contributed by atoms with E-state index in [1.165, 1.54) is 7.11 Å². The summed E-state index contributed by atoms with van der Waals surface area (Å²) in [5, 5.41) is 3.58. The van der Waals surface area contributed by atoms with E-state index in [9.17, 15) is 9.59 Å². The predicted molar refractivity (Wildman–Crippen MR) is 76.4 cm³/mol. The summed E-state index contributed by atoms with van der Waals surface area (Å²) >= 11 is 5.80. The Morgan fingerprint density at radius 2 is 2.00 bits per heavy atom. The molecule has 1 amide bonds. The Balaban J connectivity index is 1.88. The van der Waals surface area contributed by atoms with Gasteiger partial charge in [-0.1, -0.05) is 23.7 Å². The maximum atomic E-state index is 12.0. The van der Waals surface area contributed by atoms with Gasteiger partial charge in [0.2, 0.25) is 5.91 Å². The molecule has 108 valence electrons. The van der Waals surface area contributed by atoms with Crippen LogP contribution in [0.4, 0.5) is 0 Å². The third-order valence-corrected chi connectivity index (χ3v) is 3.68. The van der Waals surface area contributed by atoms with Crippen LogP contribution in [0.25, 0.3) is 0 Å². The highest BCUT2D eigenvalue weighted by Gasteiger charge is 2.33. The molecule has 1 atom stereocenters. The zero-order chi connectivity index (χ0) is 14.5. The van der Waals surface area contributed by atoms with E-state index in [0.29, 0.717) is 17.4 Å². The van der Waals surface area contributed by atoms with Crippen LogP contribution in [0.3, 0.4) is 0 Å². The molecule has 2 rings (SSSR count). The lowest BCUT2D eigenvalue weighted by Crippen LogP contribution is -2.39. The third kappa shape index (κ3) is 4.53. The van der Waals surface area contributed by atoms with E-state index in [-0.39, 0.29) is 24.3 Å². The summed E-state index contributed by atoms with van der Waals surface area (Å²) in [5.74, 6) is 0.0464. The van der Waals surface area contributed by atoms with Crippen LogP contribution in [-0.4, -0.2) is 25.0 Å². The summed E-state index contributed by atoms with van der Waals surface area (Å²) in [4.78, 5) is 23.4.